The lowest BCUT2D eigenvalue weighted by molar-refractivity contribution is 0.431. The molecule has 0 aliphatic heterocycles. The number of hydrogen-bond acceptors (Lipinski definition) is 6. The first kappa shape index (κ1) is 10.9. The van der Waals surface area contributed by atoms with Crippen LogP contribution < -0.4 is 5.73 Å². The van der Waals surface area contributed by atoms with Crippen molar-refractivity contribution in [1.29, 1.82) is 0 Å². The number of nitrogens with zero attached hydrogens (tertiary/aromatic N) is 3. The van der Waals surface area contributed by atoms with Gasteiger partial charge in [0.2, 0.25) is 5.82 Å². The Morgan fingerprint density at radius 2 is 2.17 bits per heavy atom. The summed E-state index contributed by atoms with van der Waals surface area (Å²) in [4.78, 5) is 8.49. The van der Waals surface area contributed by atoms with Crippen molar-refractivity contribution in [2.75, 3.05) is 5.73 Å². The van der Waals surface area contributed by atoms with Crippen LogP contribution in [0.5, 0.6) is 0 Å². The predicted octanol–water partition coefficient (Wildman–Crippen LogP) is 2.75. The van der Waals surface area contributed by atoms with Gasteiger partial charge in [0.15, 0.2) is 0 Å². The highest BCUT2D eigenvalue weighted by molar-refractivity contribution is 7.08. The van der Waals surface area contributed by atoms with E-state index < -0.39 is 0 Å². The molecule has 0 aliphatic carbocycles. The smallest absolute Gasteiger partial charge is 0.276 e. The maximum atomic E-state index is 5.58. The Labute approximate surface area is 107 Å². The minimum atomic E-state index is 0.399. The summed E-state index contributed by atoms with van der Waals surface area (Å²) in [6.45, 7) is 2.02. The van der Waals surface area contributed by atoms with Gasteiger partial charge in [0.05, 0.1) is 11.9 Å². The number of nitrogen functional groups attached to an aromatic ring is 1. The molecule has 0 bridgehead atoms. The van der Waals surface area contributed by atoms with Crippen molar-refractivity contribution in [3.8, 4) is 23.0 Å². The normalized spacial score (nSPS) is 10.7. The number of aryl methyl sites for hydroxylation is 1. The van der Waals surface area contributed by atoms with Crippen LogP contribution in [0.15, 0.2) is 33.6 Å². The number of nitrogens with two attached hydrogens (primary N) is 1. The Hall–Kier alpha value is -2.21. The van der Waals surface area contributed by atoms with Gasteiger partial charge in [-0.05, 0) is 30.0 Å². The van der Waals surface area contributed by atoms with Crippen molar-refractivity contribution in [3.05, 3.63) is 34.7 Å². The third kappa shape index (κ3) is 1.86. The predicted molar refractivity (Wildman–Crippen MR) is 70.0 cm³/mol. The molecule has 0 radical (unpaired) electrons. The molecule has 0 aliphatic rings. The fourth-order valence-electron chi connectivity index (χ4n) is 1.56. The highest BCUT2D eigenvalue weighted by Crippen LogP contribution is 2.26. The first-order valence-electron chi connectivity index (χ1n) is 5.33. The summed E-state index contributed by atoms with van der Waals surface area (Å²) in [5.74, 6) is 0.984. The highest BCUT2D eigenvalue weighted by Gasteiger charge is 2.13. The Morgan fingerprint density at radius 3 is 2.83 bits per heavy atom. The summed E-state index contributed by atoms with van der Waals surface area (Å²) in [7, 11) is 0. The van der Waals surface area contributed by atoms with Gasteiger partial charge in [-0.15, -0.1) is 0 Å². The fraction of sp³-hybridized carbons (Fsp3) is 0.0833. The molecule has 0 amide bonds. The van der Waals surface area contributed by atoms with Gasteiger partial charge in [0.1, 0.15) is 5.69 Å². The van der Waals surface area contributed by atoms with E-state index >= 15 is 0 Å². The number of hydrogen-bond donors (Lipinski definition) is 1. The maximum Gasteiger partial charge on any atom is 0.276 e. The molecule has 0 saturated heterocycles. The van der Waals surface area contributed by atoms with Gasteiger partial charge < -0.3 is 10.3 Å². The number of thiophene rings is 1. The lowest BCUT2D eigenvalue weighted by Crippen LogP contribution is -1.88. The lowest BCUT2D eigenvalue weighted by Gasteiger charge is -1.93. The molecular formula is C12H10N4OS. The van der Waals surface area contributed by atoms with E-state index in [0.29, 0.717) is 23.1 Å². The summed E-state index contributed by atoms with van der Waals surface area (Å²) in [6.07, 6.45) is 1.56. The molecule has 0 atom stereocenters. The standard InChI is InChI=1S/C12H10N4OS/c1-7-5-18-6-9(7)11-15-12(17-16-11)10-3-2-8(13)4-14-10/h2-6H,13H2,1H3. The molecule has 6 heteroatoms. The molecule has 5 nitrogen and oxygen atoms in total. The van der Waals surface area contributed by atoms with Crippen molar-refractivity contribution >= 4 is 17.0 Å². The van der Waals surface area contributed by atoms with Gasteiger partial charge in [0, 0.05) is 10.9 Å². The molecule has 3 heterocycles. The average molecular weight is 258 g/mol. The minimum Gasteiger partial charge on any atom is -0.397 e. The van der Waals surface area contributed by atoms with E-state index in [4.69, 9.17) is 10.3 Å². The summed E-state index contributed by atoms with van der Waals surface area (Å²) >= 11 is 1.61. The van der Waals surface area contributed by atoms with E-state index in [1.165, 1.54) is 0 Å². The molecule has 18 heavy (non-hydrogen) atoms. The van der Waals surface area contributed by atoms with Crippen LogP contribution in [0.3, 0.4) is 0 Å². The summed E-state index contributed by atoms with van der Waals surface area (Å²) in [5.41, 5.74) is 8.93. The van der Waals surface area contributed by atoms with Gasteiger partial charge in [-0.1, -0.05) is 5.16 Å². The molecule has 90 valence electrons. The van der Waals surface area contributed by atoms with E-state index in [1.807, 2.05) is 17.7 Å². The fourth-order valence-corrected chi connectivity index (χ4v) is 2.38. The quantitative estimate of drug-likeness (QED) is 0.764. The summed E-state index contributed by atoms with van der Waals surface area (Å²) in [5, 5.41) is 8.02. The molecular weight excluding hydrogens is 248 g/mol. The third-order valence-corrected chi connectivity index (χ3v) is 3.39. The number of pyridine rings is 1. The summed E-state index contributed by atoms with van der Waals surface area (Å²) in [6, 6.07) is 3.51. The monoisotopic (exact) mass is 258 g/mol. The first-order chi connectivity index (χ1) is 8.74. The largest absolute Gasteiger partial charge is 0.397 e. The average Bonchev–Trinajstić information content (AvgIpc) is 2.98. The van der Waals surface area contributed by atoms with Gasteiger partial charge in [-0.2, -0.15) is 16.3 Å². The zero-order chi connectivity index (χ0) is 12.5. The molecule has 0 spiro atoms. The number of aromatic nitrogens is 3. The second-order valence-electron chi connectivity index (χ2n) is 3.87. The van der Waals surface area contributed by atoms with Crippen molar-refractivity contribution in [1.82, 2.24) is 15.1 Å². The van der Waals surface area contributed by atoms with Crippen LogP contribution in [0.4, 0.5) is 5.69 Å². The number of anilines is 1. The molecule has 0 unspecified atom stereocenters. The van der Waals surface area contributed by atoms with Crippen molar-refractivity contribution in [3.63, 3.8) is 0 Å². The van der Waals surface area contributed by atoms with E-state index in [9.17, 15) is 0 Å². The zero-order valence-electron chi connectivity index (χ0n) is 9.62. The zero-order valence-corrected chi connectivity index (χ0v) is 10.4. The molecule has 0 aromatic carbocycles. The lowest BCUT2D eigenvalue weighted by atomic mass is 10.2. The van der Waals surface area contributed by atoms with Crippen LogP contribution in [0.2, 0.25) is 0 Å². The first-order valence-corrected chi connectivity index (χ1v) is 6.27. The molecule has 0 fully saturated rings. The second-order valence-corrected chi connectivity index (χ2v) is 4.61. The SMILES string of the molecule is Cc1cscc1-c1noc(-c2ccc(N)cn2)n1. The second kappa shape index (κ2) is 4.23. The molecule has 2 N–H and O–H groups in total. The van der Waals surface area contributed by atoms with Crippen LogP contribution in [-0.4, -0.2) is 15.1 Å². The number of rotatable bonds is 2. The van der Waals surface area contributed by atoms with Crippen LogP contribution in [0, 0.1) is 6.92 Å². The minimum absolute atomic E-state index is 0.399. The van der Waals surface area contributed by atoms with Crippen LogP contribution in [0.25, 0.3) is 23.0 Å². The third-order valence-electron chi connectivity index (χ3n) is 2.53. The topological polar surface area (TPSA) is 77.8 Å². The Kier molecular flexibility index (Phi) is 2.56. The van der Waals surface area contributed by atoms with E-state index in [0.717, 1.165) is 11.1 Å². The van der Waals surface area contributed by atoms with E-state index in [2.05, 4.69) is 15.1 Å². The maximum absolute atomic E-state index is 5.58. The van der Waals surface area contributed by atoms with Gasteiger partial charge in [-0.3, -0.25) is 0 Å². The van der Waals surface area contributed by atoms with Crippen LogP contribution in [0.1, 0.15) is 5.56 Å². The van der Waals surface area contributed by atoms with E-state index in [1.54, 1.807) is 29.7 Å². The van der Waals surface area contributed by atoms with Gasteiger partial charge >= 0.3 is 0 Å². The Morgan fingerprint density at radius 1 is 1.28 bits per heavy atom. The molecule has 3 aromatic heterocycles. The van der Waals surface area contributed by atoms with Crippen molar-refractivity contribution in [2.45, 2.75) is 6.92 Å². The Bertz CT molecular complexity index is 671. The van der Waals surface area contributed by atoms with Gasteiger partial charge in [0.25, 0.3) is 5.89 Å². The molecule has 3 rings (SSSR count). The van der Waals surface area contributed by atoms with Crippen molar-refractivity contribution < 1.29 is 4.52 Å². The van der Waals surface area contributed by atoms with Gasteiger partial charge in [-0.25, -0.2) is 4.98 Å². The summed E-state index contributed by atoms with van der Waals surface area (Å²) < 4.78 is 5.21. The van der Waals surface area contributed by atoms with Crippen molar-refractivity contribution in [2.24, 2.45) is 0 Å². The Balaban J connectivity index is 1.99. The molecule has 0 saturated carbocycles. The highest BCUT2D eigenvalue weighted by atomic mass is 32.1. The van der Waals surface area contributed by atoms with Crippen LogP contribution in [-0.2, 0) is 0 Å². The van der Waals surface area contributed by atoms with E-state index in [-0.39, 0.29) is 0 Å². The van der Waals surface area contributed by atoms with Crippen LogP contribution >= 0.6 is 11.3 Å². The molecule has 3 aromatic rings.